The first kappa shape index (κ1) is 17.4. The molecule has 1 rings (SSSR count). The number of allylic oxidation sites excluding steroid dienone is 1. The van der Waals surface area contributed by atoms with Crippen LogP contribution in [0.1, 0.15) is 38.7 Å². The molecule has 1 aromatic rings. The van der Waals surface area contributed by atoms with Gasteiger partial charge in [-0.1, -0.05) is 56.3 Å². The van der Waals surface area contributed by atoms with E-state index in [-0.39, 0.29) is 11.4 Å². The van der Waals surface area contributed by atoms with Crippen LogP contribution in [-0.2, 0) is 20.9 Å². The van der Waals surface area contributed by atoms with E-state index in [1.54, 1.807) is 0 Å². The van der Waals surface area contributed by atoms with E-state index in [4.69, 9.17) is 4.74 Å². The fourth-order valence-electron chi connectivity index (χ4n) is 1.92. The largest absolute Gasteiger partial charge is 0.469 e. The summed E-state index contributed by atoms with van der Waals surface area (Å²) in [6, 6.07) is 10.2. The van der Waals surface area contributed by atoms with Gasteiger partial charge in [-0.25, -0.2) is 0 Å². The predicted molar refractivity (Wildman–Crippen MR) is 84.9 cm³/mol. The van der Waals surface area contributed by atoms with Crippen LogP contribution in [0.15, 0.2) is 42.5 Å². The van der Waals surface area contributed by atoms with Crippen molar-refractivity contribution < 1.29 is 14.3 Å². The molecule has 0 spiro atoms. The Morgan fingerprint density at radius 2 is 1.95 bits per heavy atom. The molecule has 0 aliphatic carbocycles. The van der Waals surface area contributed by atoms with E-state index in [1.165, 1.54) is 12.7 Å². The van der Waals surface area contributed by atoms with Gasteiger partial charge in [-0.3, -0.25) is 4.79 Å². The lowest BCUT2D eigenvalue weighted by molar-refractivity contribution is -0.140. The molecule has 0 aliphatic rings. The van der Waals surface area contributed by atoms with Crippen molar-refractivity contribution in [1.82, 2.24) is 0 Å². The van der Waals surface area contributed by atoms with Crippen LogP contribution >= 0.6 is 0 Å². The molecule has 0 unspecified atom stereocenters. The van der Waals surface area contributed by atoms with Crippen molar-refractivity contribution in [2.24, 2.45) is 5.41 Å². The lowest BCUT2D eigenvalue weighted by Crippen LogP contribution is -2.16. The van der Waals surface area contributed by atoms with Gasteiger partial charge in [0, 0.05) is 11.8 Å². The lowest BCUT2D eigenvalue weighted by atomic mass is 9.93. The molecule has 0 aromatic heterocycles. The standard InChI is InChI=1S/C18H26O3/c1-18(2,13-9-5-8-12-17(19)20-3)15-21-14-16-10-6-4-7-11-16/h4,6-7,9-11,13H,5,8,12,14-15H2,1-3H3/b13-9-. The second-order valence-electron chi connectivity index (χ2n) is 5.84. The van der Waals surface area contributed by atoms with E-state index >= 15 is 0 Å². The fourth-order valence-corrected chi connectivity index (χ4v) is 1.92. The van der Waals surface area contributed by atoms with E-state index in [0.717, 1.165) is 12.8 Å². The summed E-state index contributed by atoms with van der Waals surface area (Å²) in [4.78, 5) is 11.0. The van der Waals surface area contributed by atoms with Crippen LogP contribution in [0.5, 0.6) is 0 Å². The van der Waals surface area contributed by atoms with E-state index in [9.17, 15) is 4.79 Å². The molecule has 0 saturated carbocycles. The van der Waals surface area contributed by atoms with Gasteiger partial charge in [0.2, 0.25) is 0 Å². The summed E-state index contributed by atoms with van der Waals surface area (Å²) in [6.45, 7) is 5.61. The number of hydrogen-bond donors (Lipinski definition) is 0. The number of esters is 1. The fraction of sp³-hybridized carbons (Fsp3) is 0.500. The average molecular weight is 290 g/mol. The zero-order valence-electron chi connectivity index (χ0n) is 13.3. The number of carbonyl (C=O) groups is 1. The minimum Gasteiger partial charge on any atom is -0.469 e. The van der Waals surface area contributed by atoms with E-state index in [0.29, 0.717) is 19.6 Å². The second-order valence-corrected chi connectivity index (χ2v) is 5.84. The number of ether oxygens (including phenoxy) is 2. The maximum atomic E-state index is 11.0. The highest BCUT2D eigenvalue weighted by Crippen LogP contribution is 2.19. The van der Waals surface area contributed by atoms with Crippen LogP contribution in [0.4, 0.5) is 0 Å². The molecule has 1 aromatic carbocycles. The molecule has 0 saturated heterocycles. The molecule has 0 N–H and O–H groups in total. The smallest absolute Gasteiger partial charge is 0.305 e. The van der Waals surface area contributed by atoms with Crippen molar-refractivity contribution in [3.63, 3.8) is 0 Å². The Hall–Kier alpha value is -1.61. The van der Waals surface area contributed by atoms with Gasteiger partial charge in [-0.2, -0.15) is 0 Å². The van der Waals surface area contributed by atoms with Crippen LogP contribution in [0.2, 0.25) is 0 Å². The molecule has 0 atom stereocenters. The molecular weight excluding hydrogens is 264 g/mol. The quantitative estimate of drug-likeness (QED) is 0.390. The first-order chi connectivity index (χ1) is 10.0. The van der Waals surface area contributed by atoms with E-state index in [2.05, 4.69) is 42.9 Å². The predicted octanol–water partition coefficient (Wildman–Crippen LogP) is 4.13. The number of benzene rings is 1. The summed E-state index contributed by atoms with van der Waals surface area (Å²) in [7, 11) is 1.42. The van der Waals surface area contributed by atoms with Crippen LogP contribution in [0, 0.1) is 5.41 Å². The Morgan fingerprint density at radius 1 is 1.24 bits per heavy atom. The number of hydrogen-bond acceptors (Lipinski definition) is 3. The third-order valence-electron chi connectivity index (χ3n) is 3.13. The van der Waals surface area contributed by atoms with Gasteiger partial charge in [0.15, 0.2) is 0 Å². The third-order valence-corrected chi connectivity index (χ3v) is 3.13. The Kier molecular flexibility index (Phi) is 7.76. The maximum absolute atomic E-state index is 11.0. The molecule has 0 radical (unpaired) electrons. The molecule has 0 heterocycles. The van der Waals surface area contributed by atoms with Crippen molar-refractivity contribution >= 4 is 5.97 Å². The minimum absolute atomic E-state index is 0.0000452. The lowest BCUT2D eigenvalue weighted by Gasteiger charge is -2.20. The molecule has 3 heteroatoms. The third kappa shape index (κ3) is 8.30. The van der Waals surface area contributed by atoms with Crippen molar-refractivity contribution in [1.29, 1.82) is 0 Å². The minimum atomic E-state index is -0.145. The van der Waals surface area contributed by atoms with Crippen molar-refractivity contribution in [2.45, 2.75) is 39.7 Å². The van der Waals surface area contributed by atoms with Gasteiger partial charge >= 0.3 is 5.97 Å². The highest BCUT2D eigenvalue weighted by molar-refractivity contribution is 5.69. The molecule has 0 bridgehead atoms. The number of carbonyl (C=O) groups excluding carboxylic acids is 1. The average Bonchev–Trinajstić information content (AvgIpc) is 2.47. The van der Waals surface area contributed by atoms with Crippen LogP contribution in [-0.4, -0.2) is 19.7 Å². The van der Waals surface area contributed by atoms with Gasteiger partial charge in [-0.15, -0.1) is 0 Å². The molecule has 116 valence electrons. The SMILES string of the molecule is COC(=O)CCC/C=C\C(C)(C)COCc1ccccc1. The Balaban J connectivity index is 2.21. The molecule has 21 heavy (non-hydrogen) atoms. The Morgan fingerprint density at radius 3 is 2.62 bits per heavy atom. The first-order valence-corrected chi connectivity index (χ1v) is 7.40. The van der Waals surface area contributed by atoms with Gasteiger partial charge in [0.1, 0.15) is 0 Å². The molecule has 3 nitrogen and oxygen atoms in total. The summed E-state index contributed by atoms with van der Waals surface area (Å²) in [6.07, 6.45) is 6.47. The molecular formula is C18H26O3. The van der Waals surface area contributed by atoms with Crippen LogP contribution in [0.3, 0.4) is 0 Å². The van der Waals surface area contributed by atoms with Crippen LogP contribution < -0.4 is 0 Å². The summed E-state index contributed by atoms with van der Waals surface area (Å²) >= 11 is 0. The summed E-state index contributed by atoms with van der Waals surface area (Å²) in [5.74, 6) is -0.145. The summed E-state index contributed by atoms with van der Waals surface area (Å²) in [5.41, 5.74) is 1.19. The number of methoxy groups -OCH3 is 1. The number of unbranched alkanes of at least 4 members (excludes halogenated alkanes) is 1. The van der Waals surface area contributed by atoms with E-state index < -0.39 is 0 Å². The molecule has 0 aliphatic heterocycles. The molecule has 0 fully saturated rings. The maximum Gasteiger partial charge on any atom is 0.305 e. The zero-order chi connectivity index (χ0) is 15.6. The zero-order valence-corrected chi connectivity index (χ0v) is 13.3. The normalized spacial score (nSPS) is 11.8. The summed E-state index contributed by atoms with van der Waals surface area (Å²) < 4.78 is 10.4. The second kappa shape index (κ2) is 9.35. The van der Waals surface area contributed by atoms with Crippen molar-refractivity contribution in [2.75, 3.05) is 13.7 Å². The Bertz CT molecular complexity index is 435. The van der Waals surface area contributed by atoms with Gasteiger partial charge in [0.25, 0.3) is 0 Å². The first-order valence-electron chi connectivity index (χ1n) is 7.40. The Labute approximate surface area is 128 Å². The summed E-state index contributed by atoms with van der Waals surface area (Å²) in [5, 5.41) is 0. The van der Waals surface area contributed by atoms with E-state index in [1.807, 2.05) is 18.2 Å². The highest BCUT2D eigenvalue weighted by atomic mass is 16.5. The highest BCUT2D eigenvalue weighted by Gasteiger charge is 2.13. The topological polar surface area (TPSA) is 35.5 Å². The number of rotatable bonds is 9. The van der Waals surface area contributed by atoms with Crippen molar-refractivity contribution in [3.05, 3.63) is 48.0 Å². The van der Waals surface area contributed by atoms with Crippen molar-refractivity contribution in [3.8, 4) is 0 Å². The van der Waals surface area contributed by atoms with Gasteiger partial charge < -0.3 is 9.47 Å². The van der Waals surface area contributed by atoms with Crippen LogP contribution in [0.25, 0.3) is 0 Å². The van der Waals surface area contributed by atoms with Gasteiger partial charge in [-0.05, 0) is 18.4 Å². The van der Waals surface area contributed by atoms with Gasteiger partial charge in [0.05, 0.1) is 20.3 Å². The monoisotopic (exact) mass is 290 g/mol. The molecule has 0 amide bonds.